The highest BCUT2D eigenvalue weighted by Crippen LogP contribution is 2.19. The second-order valence-electron chi connectivity index (χ2n) is 5.09. The van der Waals surface area contributed by atoms with Crippen molar-refractivity contribution in [1.82, 2.24) is 9.80 Å². The Balaban J connectivity index is 1.99. The number of carbonyl (C=O) groups excluding carboxylic acids is 3. The number of anilines is 2. The number of nitrogens with one attached hydrogen (secondary N) is 1. The molecule has 0 radical (unpaired) electrons. The van der Waals surface area contributed by atoms with E-state index in [0.29, 0.717) is 24.5 Å². The molecule has 0 aromatic heterocycles. The average Bonchev–Trinajstić information content (AvgIpc) is 2.43. The van der Waals surface area contributed by atoms with Crippen LogP contribution < -0.4 is 11.1 Å². The lowest BCUT2D eigenvalue weighted by Crippen LogP contribution is -2.54. The van der Waals surface area contributed by atoms with Crippen LogP contribution in [0.2, 0.25) is 0 Å². The van der Waals surface area contributed by atoms with Crippen molar-refractivity contribution in [2.45, 2.75) is 6.92 Å². The number of hydrogen-bond donors (Lipinski definition) is 2. The summed E-state index contributed by atoms with van der Waals surface area (Å²) in [7, 11) is 1.56. The SMILES string of the molecule is Cc1ccc(NC(=O)CN2CCN(C)C(=O)C2=O)c(N)c1. The van der Waals surface area contributed by atoms with Crippen molar-refractivity contribution in [3.63, 3.8) is 0 Å². The lowest BCUT2D eigenvalue weighted by atomic mass is 10.2. The molecule has 0 atom stereocenters. The molecule has 1 aromatic rings. The van der Waals surface area contributed by atoms with Gasteiger partial charge in [-0.25, -0.2) is 0 Å². The molecule has 7 nitrogen and oxygen atoms in total. The van der Waals surface area contributed by atoms with Crippen LogP contribution in [0.4, 0.5) is 11.4 Å². The van der Waals surface area contributed by atoms with Crippen molar-refractivity contribution in [3.8, 4) is 0 Å². The number of carbonyl (C=O) groups is 3. The Morgan fingerprint density at radius 2 is 2.00 bits per heavy atom. The Hall–Kier alpha value is -2.57. The Morgan fingerprint density at radius 1 is 1.29 bits per heavy atom. The van der Waals surface area contributed by atoms with Gasteiger partial charge < -0.3 is 20.9 Å². The van der Waals surface area contributed by atoms with Gasteiger partial charge in [-0.05, 0) is 24.6 Å². The fourth-order valence-corrected chi connectivity index (χ4v) is 2.08. The Morgan fingerprint density at radius 3 is 2.67 bits per heavy atom. The molecule has 1 aliphatic heterocycles. The predicted octanol–water partition coefficient (Wildman–Crippen LogP) is -0.184. The topological polar surface area (TPSA) is 95.7 Å². The second kappa shape index (κ2) is 5.82. The number of amides is 3. The van der Waals surface area contributed by atoms with Gasteiger partial charge in [-0.2, -0.15) is 0 Å². The molecule has 7 heteroatoms. The first-order chi connectivity index (χ1) is 9.88. The van der Waals surface area contributed by atoms with E-state index in [4.69, 9.17) is 5.73 Å². The summed E-state index contributed by atoms with van der Waals surface area (Å²) in [6.45, 7) is 2.50. The van der Waals surface area contributed by atoms with Gasteiger partial charge in [0.25, 0.3) is 0 Å². The minimum atomic E-state index is -0.657. The fraction of sp³-hybridized carbons (Fsp3) is 0.357. The number of likely N-dealkylation sites (N-methyl/N-ethyl adjacent to an activating group) is 1. The third-order valence-corrected chi connectivity index (χ3v) is 3.34. The van der Waals surface area contributed by atoms with Gasteiger partial charge in [0.15, 0.2) is 0 Å². The first-order valence-electron chi connectivity index (χ1n) is 6.59. The zero-order chi connectivity index (χ0) is 15.6. The number of benzene rings is 1. The van der Waals surface area contributed by atoms with Gasteiger partial charge in [-0.3, -0.25) is 14.4 Å². The van der Waals surface area contributed by atoms with Crippen LogP contribution in [0, 0.1) is 6.92 Å². The summed E-state index contributed by atoms with van der Waals surface area (Å²) in [6.07, 6.45) is 0. The quantitative estimate of drug-likeness (QED) is 0.596. The Labute approximate surface area is 122 Å². The van der Waals surface area contributed by atoms with Gasteiger partial charge in [-0.15, -0.1) is 0 Å². The first kappa shape index (κ1) is 14.8. The minimum Gasteiger partial charge on any atom is -0.397 e. The smallest absolute Gasteiger partial charge is 0.312 e. The molecule has 0 unspecified atom stereocenters. The first-order valence-corrected chi connectivity index (χ1v) is 6.59. The largest absolute Gasteiger partial charge is 0.397 e. The second-order valence-corrected chi connectivity index (χ2v) is 5.09. The molecular weight excluding hydrogens is 272 g/mol. The van der Waals surface area contributed by atoms with Crippen LogP contribution in [-0.2, 0) is 14.4 Å². The molecule has 3 N–H and O–H groups in total. The molecule has 1 fully saturated rings. The van der Waals surface area contributed by atoms with E-state index >= 15 is 0 Å². The van der Waals surface area contributed by atoms with E-state index in [1.54, 1.807) is 19.2 Å². The molecule has 112 valence electrons. The lowest BCUT2D eigenvalue weighted by Gasteiger charge is -2.30. The Bertz CT molecular complexity index is 600. The van der Waals surface area contributed by atoms with Crippen molar-refractivity contribution in [2.75, 3.05) is 37.7 Å². The average molecular weight is 290 g/mol. The van der Waals surface area contributed by atoms with E-state index in [1.807, 2.05) is 13.0 Å². The van der Waals surface area contributed by atoms with Crippen LogP contribution in [0.3, 0.4) is 0 Å². The highest BCUT2D eigenvalue weighted by Gasteiger charge is 2.31. The maximum Gasteiger partial charge on any atom is 0.312 e. The molecule has 3 amide bonds. The number of rotatable bonds is 3. The van der Waals surface area contributed by atoms with Crippen LogP contribution in [0.15, 0.2) is 18.2 Å². The molecule has 0 aliphatic carbocycles. The van der Waals surface area contributed by atoms with Crippen LogP contribution in [0.5, 0.6) is 0 Å². The number of hydrogen-bond acceptors (Lipinski definition) is 4. The molecule has 0 saturated carbocycles. The van der Waals surface area contributed by atoms with Crippen LogP contribution in [0.1, 0.15) is 5.56 Å². The van der Waals surface area contributed by atoms with Crippen LogP contribution >= 0.6 is 0 Å². The van der Waals surface area contributed by atoms with Crippen LogP contribution in [0.25, 0.3) is 0 Å². The number of piperazine rings is 1. The third kappa shape index (κ3) is 3.31. The van der Waals surface area contributed by atoms with Crippen molar-refractivity contribution in [3.05, 3.63) is 23.8 Å². The molecule has 1 aliphatic rings. The maximum absolute atomic E-state index is 12.0. The fourth-order valence-electron chi connectivity index (χ4n) is 2.08. The molecule has 21 heavy (non-hydrogen) atoms. The van der Waals surface area contributed by atoms with Crippen molar-refractivity contribution >= 4 is 29.1 Å². The van der Waals surface area contributed by atoms with Gasteiger partial charge in [0.1, 0.15) is 6.54 Å². The maximum atomic E-state index is 12.0. The van der Waals surface area contributed by atoms with Crippen molar-refractivity contribution in [1.29, 1.82) is 0 Å². The Kier molecular flexibility index (Phi) is 4.11. The van der Waals surface area contributed by atoms with Crippen LogP contribution in [-0.4, -0.2) is 54.2 Å². The van der Waals surface area contributed by atoms with E-state index in [0.717, 1.165) is 5.56 Å². The van der Waals surface area contributed by atoms with E-state index in [2.05, 4.69) is 5.32 Å². The summed E-state index contributed by atoms with van der Waals surface area (Å²) < 4.78 is 0. The van der Waals surface area contributed by atoms with Gasteiger partial charge in [0.05, 0.1) is 11.4 Å². The highest BCUT2D eigenvalue weighted by atomic mass is 16.2. The normalized spacial score (nSPS) is 15.3. The molecule has 0 bridgehead atoms. The number of nitrogens with two attached hydrogens (primary N) is 1. The van der Waals surface area contributed by atoms with E-state index in [1.165, 1.54) is 9.80 Å². The molecular formula is C14H18N4O3. The minimum absolute atomic E-state index is 0.161. The third-order valence-electron chi connectivity index (χ3n) is 3.34. The summed E-state index contributed by atoms with van der Waals surface area (Å²) >= 11 is 0. The van der Waals surface area contributed by atoms with Crippen molar-refractivity contribution < 1.29 is 14.4 Å². The van der Waals surface area contributed by atoms with Gasteiger partial charge in [-0.1, -0.05) is 6.07 Å². The summed E-state index contributed by atoms with van der Waals surface area (Å²) in [5, 5.41) is 2.65. The van der Waals surface area contributed by atoms with Gasteiger partial charge in [0.2, 0.25) is 5.91 Å². The van der Waals surface area contributed by atoms with E-state index in [9.17, 15) is 14.4 Å². The molecule has 0 spiro atoms. The summed E-state index contributed by atoms with van der Waals surface area (Å²) in [5.41, 5.74) is 7.77. The highest BCUT2D eigenvalue weighted by molar-refractivity contribution is 6.35. The lowest BCUT2D eigenvalue weighted by molar-refractivity contribution is -0.155. The molecule has 1 saturated heterocycles. The molecule has 1 aromatic carbocycles. The summed E-state index contributed by atoms with van der Waals surface area (Å²) in [4.78, 5) is 37.9. The molecule has 2 rings (SSSR count). The van der Waals surface area contributed by atoms with E-state index < -0.39 is 11.8 Å². The predicted molar refractivity (Wildman–Crippen MR) is 78.4 cm³/mol. The summed E-state index contributed by atoms with van der Waals surface area (Å²) in [6, 6.07) is 5.29. The standard InChI is InChI=1S/C14H18N4O3/c1-9-3-4-11(10(15)7-9)16-12(19)8-18-6-5-17(2)13(20)14(18)21/h3-4,7H,5-6,8,15H2,1-2H3,(H,16,19). The molecule has 1 heterocycles. The van der Waals surface area contributed by atoms with E-state index in [-0.39, 0.29) is 12.5 Å². The van der Waals surface area contributed by atoms with Crippen molar-refractivity contribution in [2.24, 2.45) is 0 Å². The van der Waals surface area contributed by atoms with Gasteiger partial charge in [0, 0.05) is 20.1 Å². The number of aryl methyl sites for hydroxylation is 1. The zero-order valence-electron chi connectivity index (χ0n) is 12.0. The van der Waals surface area contributed by atoms with Gasteiger partial charge >= 0.3 is 11.8 Å². The number of nitrogen functional groups attached to an aromatic ring is 1. The monoisotopic (exact) mass is 290 g/mol. The zero-order valence-corrected chi connectivity index (χ0v) is 12.0. The summed E-state index contributed by atoms with van der Waals surface area (Å²) in [5.74, 6) is -1.63. The number of nitrogens with zero attached hydrogens (tertiary/aromatic N) is 2.